The minimum absolute atomic E-state index is 0.0414. The monoisotopic (exact) mass is 278 g/mol. The Bertz CT molecular complexity index is 476. The quantitative estimate of drug-likeness (QED) is 0.667. The number of benzene rings is 1. The van der Waals surface area contributed by atoms with E-state index in [9.17, 15) is 9.59 Å². The van der Waals surface area contributed by atoms with Crippen LogP contribution in [-0.4, -0.2) is 43.4 Å². The van der Waals surface area contributed by atoms with Crippen LogP contribution < -0.4 is 16.4 Å². The van der Waals surface area contributed by atoms with Gasteiger partial charge in [0.15, 0.2) is 0 Å². The molecule has 0 aliphatic rings. The first-order valence-electron chi connectivity index (χ1n) is 6.51. The molecule has 1 aromatic rings. The van der Waals surface area contributed by atoms with Gasteiger partial charge in [0.1, 0.15) is 0 Å². The number of hydrogen-bond donors (Lipinski definition) is 3. The van der Waals surface area contributed by atoms with Crippen molar-refractivity contribution in [3.8, 4) is 0 Å². The molecule has 1 atom stereocenters. The molecule has 4 N–H and O–H groups in total. The number of likely N-dealkylation sites (N-methyl/N-ethyl adjacent to an activating group) is 1. The molecule has 0 heterocycles. The summed E-state index contributed by atoms with van der Waals surface area (Å²) < 4.78 is 0. The average molecular weight is 278 g/mol. The minimum atomic E-state index is -0.332. The van der Waals surface area contributed by atoms with E-state index in [-0.39, 0.29) is 17.9 Å². The van der Waals surface area contributed by atoms with Crippen LogP contribution in [-0.2, 0) is 9.59 Å². The highest BCUT2D eigenvalue weighted by atomic mass is 16.2. The van der Waals surface area contributed by atoms with Crippen molar-refractivity contribution in [3.05, 3.63) is 24.3 Å². The third kappa shape index (κ3) is 4.89. The highest BCUT2D eigenvalue weighted by Gasteiger charge is 2.18. The summed E-state index contributed by atoms with van der Waals surface area (Å²) in [5, 5.41) is 5.36. The Morgan fingerprint density at radius 2 is 2.10 bits per heavy atom. The number of hydrogen-bond acceptors (Lipinski definition) is 4. The lowest BCUT2D eigenvalue weighted by Gasteiger charge is -2.23. The maximum absolute atomic E-state index is 12.1. The first-order chi connectivity index (χ1) is 9.43. The van der Waals surface area contributed by atoms with Crippen LogP contribution in [0.4, 0.5) is 11.4 Å². The maximum Gasteiger partial charge on any atom is 0.241 e. The molecular formula is C14H22N4O2. The summed E-state index contributed by atoms with van der Waals surface area (Å²) in [6.07, 6.45) is 0.364. The predicted molar refractivity (Wildman–Crippen MR) is 80.3 cm³/mol. The molecule has 1 unspecified atom stereocenters. The van der Waals surface area contributed by atoms with Gasteiger partial charge in [-0.1, -0.05) is 6.07 Å². The fourth-order valence-electron chi connectivity index (χ4n) is 1.66. The van der Waals surface area contributed by atoms with Crippen LogP contribution in [0.2, 0.25) is 0 Å². The molecule has 1 rings (SSSR count). The van der Waals surface area contributed by atoms with Gasteiger partial charge in [-0.05, 0) is 32.2 Å². The second-order valence-corrected chi connectivity index (χ2v) is 4.69. The lowest BCUT2D eigenvalue weighted by atomic mass is 10.2. The summed E-state index contributed by atoms with van der Waals surface area (Å²) in [7, 11) is 3.41. The van der Waals surface area contributed by atoms with Gasteiger partial charge in [-0.15, -0.1) is 0 Å². The molecule has 6 heteroatoms. The smallest absolute Gasteiger partial charge is 0.241 e. The van der Waals surface area contributed by atoms with E-state index in [0.29, 0.717) is 24.3 Å². The number of nitrogens with one attached hydrogen (secondary N) is 2. The van der Waals surface area contributed by atoms with Crippen molar-refractivity contribution in [2.45, 2.75) is 19.4 Å². The Morgan fingerprint density at radius 1 is 1.40 bits per heavy atom. The third-order valence-corrected chi connectivity index (χ3v) is 3.17. The van der Waals surface area contributed by atoms with Gasteiger partial charge in [0.25, 0.3) is 0 Å². The van der Waals surface area contributed by atoms with E-state index in [4.69, 9.17) is 5.73 Å². The largest absolute Gasteiger partial charge is 0.399 e. The molecule has 0 saturated heterocycles. The van der Waals surface area contributed by atoms with Crippen LogP contribution in [0.15, 0.2) is 24.3 Å². The number of carbonyl (C=O) groups excluding carboxylic acids is 2. The lowest BCUT2D eigenvalue weighted by Crippen LogP contribution is -2.41. The Kier molecular flexibility index (Phi) is 5.99. The van der Waals surface area contributed by atoms with Crippen molar-refractivity contribution >= 4 is 23.2 Å². The van der Waals surface area contributed by atoms with Crippen LogP contribution in [0.1, 0.15) is 13.3 Å². The Balaban J connectivity index is 2.51. The summed E-state index contributed by atoms with van der Waals surface area (Å²) in [5.41, 5.74) is 6.93. The van der Waals surface area contributed by atoms with Crippen molar-refractivity contribution in [1.82, 2.24) is 10.2 Å². The van der Waals surface area contributed by atoms with Gasteiger partial charge in [-0.2, -0.15) is 0 Å². The molecule has 6 nitrogen and oxygen atoms in total. The summed E-state index contributed by atoms with van der Waals surface area (Å²) in [5.74, 6) is -0.171. The van der Waals surface area contributed by atoms with Crippen LogP contribution >= 0.6 is 0 Å². The fraction of sp³-hybridized carbons (Fsp3) is 0.429. The van der Waals surface area contributed by atoms with Crippen molar-refractivity contribution in [1.29, 1.82) is 0 Å². The summed E-state index contributed by atoms with van der Waals surface area (Å²) in [4.78, 5) is 25.1. The number of nitrogens with two attached hydrogens (primary N) is 1. The summed E-state index contributed by atoms with van der Waals surface area (Å²) in [6.45, 7) is 2.32. The zero-order chi connectivity index (χ0) is 15.1. The van der Waals surface area contributed by atoms with Gasteiger partial charge in [0, 0.05) is 31.4 Å². The van der Waals surface area contributed by atoms with Crippen molar-refractivity contribution in [2.24, 2.45) is 0 Å². The van der Waals surface area contributed by atoms with Gasteiger partial charge in [0.2, 0.25) is 11.8 Å². The van der Waals surface area contributed by atoms with Gasteiger partial charge in [-0.25, -0.2) is 0 Å². The molecule has 0 spiro atoms. The van der Waals surface area contributed by atoms with Crippen LogP contribution in [0.3, 0.4) is 0 Å². The van der Waals surface area contributed by atoms with E-state index in [1.807, 2.05) is 11.9 Å². The van der Waals surface area contributed by atoms with E-state index >= 15 is 0 Å². The zero-order valence-electron chi connectivity index (χ0n) is 12.1. The second-order valence-electron chi connectivity index (χ2n) is 4.69. The SMILES string of the molecule is CNC(=O)CCN(C)C(C)C(=O)Nc1cccc(N)c1. The summed E-state index contributed by atoms with van der Waals surface area (Å²) in [6, 6.07) is 6.70. The molecule has 0 aromatic heterocycles. The number of rotatable bonds is 6. The van der Waals surface area contributed by atoms with E-state index in [0.717, 1.165) is 0 Å². The maximum atomic E-state index is 12.1. The van der Waals surface area contributed by atoms with Crippen LogP contribution in [0.25, 0.3) is 0 Å². The lowest BCUT2D eigenvalue weighted by molar-refractivity contribution is -0.123. The molecular weight excluding hydrogens is 256 g/mol. The Morgan fingerprint density at radius 3 is 2.70 bits per heavy atom. The highest BCUT2D eigenvalue weighted by molar-refractivity contribution is 5.94. The van der Waals surface area contributed by atoms with Crippen LogP contribution in [0, 0.1) is 0 Å². The molecule has 110 valence electrons. The van der Waals surface area contributed by atoms with Gasteiger partial charge >= 0.3 is 0 Å². The Hall–Kier alpha value is -2.08. The van der Waals surface area contributed by atoms with Crippen molar-refractivity contribution in [2.75, 3.05) is 31.7 Å². The van der Waals surface area contributed by atoms with Gasteiger partial charge in [-0.3, -0.25) is 14.5 Å². The molecule has 0 aliphatic carbocycles. The molecule has 0 radical (unpaired) electrons. The third-order valence-electron chi connectivity index (χ3n) is 3.17. The second kappa shape index (κ2) is 7.49. The first kappa shape index (κ1) is 16.0. The molecule has 0 aliphatic heterocycles. The van der Waals surface area contributed by atoms with Crippen molar-refractivity contribution < 1.29 is 9.59 Å². The van der Waals surface area contributed by atoms with E-state index in [2.05, 4.69) is 10.6 Å². The van der Waals surface area contributed by atoms with E-state index in [1.54, 1.807) is 38.2 Å². The Labute approximate surface area is 119 Å². The van der Waals surface area contributed by atoms with Gasteiger partial charge in [0.05, 0.1) is 6.04 Å². The zero-order valence-corrected chi connectivity index (χ0v) is 12.1. The standard InChI is InChI=1S/C14H22N4O2/c1-10(18(3)8-7-13(19)16-2)14(20)17-12-6-4-5-11(15)9-12/h4-6,9-10H,7-8,15H2,1-3H3,(H,16,19)(H,17,20). The molecule has 0 fully saturated rings. The molecule has 0 saturated carbocycles. The highest BCUT2D eigenvalue weighted by Crippen LogP contribution is 2.12. The predicted octanol–water partition coefficient (Wildman–Crippen LogP) is 0.664. The number of carbonyl (C=O) groups is 2. The molecule has 2 amide bonds. The fourth-order valence-corrected chi connectivity index (χ4v) is 1.66. The first-order valence-corrected chi connectivity index (χ1v) is 6.51. The molecule has 1 aromatic carbocycles. The molecule has 20 heavy (non-hydrogen) atoms. The van der Waals surface area contributed by atoms with E-state index in [1.165, 1.54) is 0 Å². The number of amides is 2. The van der Waals surface area contributed by atoms with Crippen molar-refractivity contribution in [3.63, 3.8) is 0 Å². The number of nitrogens with zero attached hydrogens (tertiary/aromatic N) is 1. The summed E-state index contributed by atoms with van der Waals surface area (Å²) >= 11 is 0. The number of nitrogen functional groups attached to an aromatic ring is 1. The van der Waals surface area contributed by atoms with Gasteiger partial charge < -0.3 is 16.4 Å². The number of anilines is 2. The minimum Gasteiger partial charge on any atom is -0.399 e. The normalized spacial score (nSPS) is 12.0. The topological polar surface area (TPSA) is 87.5 Å². The van der Waals surface area contributed by atoms with Crippen LogP contribution in [0.5, 0.6) is 0 Å². The molecule has 0 bridgehead atoms. The van der Waals surface area contributed by atoms with E-state index < -0.39 is 0 Å². The average Bonchev–Trinajstić information content (AvgIpc) is 2.43.